The third kappa shape index (κ3) is 3.31. The Balaban J connectivity index is 2.47. The summed E-state index contributed by atoms with van der Waals surface area (Å²) in [5, 5.41) is 3.33. The van der Waals surface area contributed by atoms with Gasteiger partial charge < -0.3 is 0 Å². The van der Waals surface area contributed by atoms with E-state index in [-0.39, 0.29) is 0 Å². The summed E-state index contributed by atoms with van der Waals surface area (Å²) in [5.74, 6) is 5.85. The van der Waals surface area contributed by atoms with E-state index < -0.39 is 0 Å². The lowest BCUT2D eigenvalue weighted by Gasteiger charge is -2.11. The van der Waals surface area contributed by atoms with Gasteiger partial charge in [-0.1, -0.05) is 36.3 Å². The highest BCUT2D eigenvalue weighted by Gasteiger charge is 2.00. The average Bonchev–Trinajstić information content (AvgIpc) is 2.19. The smallest absolute Gasteiger partial charge is 0.0581 e. The third-order valence-corrected chi connectivity index (χ3v) is 1.97. The molecule has 1 N–H and O–H groups in total. The van der Waals surface area contributed by atoms with Crippen LogP contribution in [0.5, 0.6) is 0 Å². The predicted octanol–water partition coefficient (Wildman–Crippen LogP) is 2.36. The summed E-state index contributed by atoms with van der Waals surface area (Å²) in [6.45, 7) is 4.76. The second-order valence-corrected chi connectivity index (χ2v) is 2.94. The Hall–Kier alpha value is -1.26. The largest absolute Gasteiger partial charge is 0.300 e. The highest BCUT2D eigenvalue weighted by molar-refractivity contribution is 5.18. The van der Waals surface area contributed by atoms with Crippen LogP contribution in [0.1, 0.15) is 25.5 Å². The monoisotopic (exact) mass is 173 g/mol. The Morgan fingerprint density at radius 3 is 2.62 bits per heavy atom. The van der Waals surface area contributed by atoms with Crippen LogP contribution in [-0.4, -0.2) is 6.54 Å². The number of nitrogens with one attached hydrogen (secondary N) is 1. The van der Waals surface area contributed by atoms with Crippen molar-refractivity contribution in [1.29, 1.82) is 0 Å². The highest BCUT2D eigenvalue weighted by Crippen LogP contribution is 2.09. The molecule has 1 aromatic carbocycles. The molecule has 0 saturated carbocycles. The van der Waals surface area contributed by atoms with Crippen molar-refractivity contribution in [2.45, 2.75) is 19.9 Å². The van der Waals surface area contributed by atoms with Crippen LogP contribution in [0.25, 0.3) is 0 Å². The van der Waals surface area contributed by atoms with Gasteiger partial charge in [-0.3, -0.25) is 5.32 Å². The summed E-state index contributed by atoms with van der Waals surface area (Å²) in [4.78, 5) is 0. The highest BCUT2D eigenvalue weighted by atomic mass is 14.9. The van der Waals surface area contributed by atoms with Gasteiger partial charge in [0.1, 0.15) is 0 Å². The van der Waals surface area contributed by atoms with Crippen molar-refractivity contribution in [3.05, 3.63) is 35.9 Å². The summed E-state index contributed by atoms with van der Waals surface area (Å²) in [7, 11) is 0. The molecule has 1 aromatic rings. The lowest BCUT2D eigenvalue weighted by Crippen LogP contribution is -2.18. The van der Waals surface area contributed by atoms with Gasteiger partial charge in [-0.15, -0.1) is 5.92 Å². The van der Waals surface area contributed by atoms with Crippen molar-refractivity contribution in [1.82, 2.24) is 5.32 Å². The van der Waals surface area contributed by atoms with E-state index in [9.17, 15) is 0 Å². The van der Waals surface area contributed by atoms with Crippen molar-refractivity contribution in [3.63, 3.8) is 0 Å². The number of hydrogen-bond acceptors (Lipinski definition) is 1. The quantitative estimate of drug-likeness (QED) is 0.692. The predicted molar refractivity (Wildman–Crippen MR) is 56.3 cm³/mol. The van der Waals surface area contributed by atoms with Crippen molar-refractivity contribution in [2.24, 2.45) is 0 Å². The van der Waals surface area contributed by atoms with Gasteiger partial charge in [0.05, 0.1) is 6.54 Å². The molecular weight excluding hydrogens is 158 g/mol. The molecule has 0 heterocycles. The zero-order valence-corrected chi connectivity index (χ0v) is 8.17. The Morgan fingerprint density at radius 1 is 1.31 bits per heavy atom. The van der Waals surface area contributed by atoms with Gasteiger partial charge in [0.2, 0.25) is 0 Å². The average molecular weight is 173 g/mol. The van der Waals surface area contributed by atoms with Crippen LogP contribution in [0.2, 0.25) is 0 Å². The standard InChI is InChI=1S/C12H15N/c1-3-4-10-13-11(2)12-8-6-5-7-9-12/h5-9,11,13H,10H2,1-2H3/t11-/m1/s1. The molecule has 0 unspecified atom stereocenters. The molecule has 0 radical (unpaired) electrons. The molecule has 0 bridgehead atoms. The van der Waals surface area contributed by atoms with Gasteiger partial charge in [0, 0.05) is 6.04 Å². The van der Waals surface area contributed by atoms with Crippen LogP contribution in [0.3, 0.4) is 0 Å². The van der Waals surface area contributed by atoms with E-state index in [1.807, 2.05) is 13.0 Å². The van der Waals surface area contributed by atoms with Crippen molar-refractivity contribution < 1.29 is 0 Å². The summed E-state index contributed by atoms with van der Waals surface area (Å²) in [6.07, 6.45) is 0. The maximum Gasteiger partial charge on any atom is 0.0581 e. The topological polar surface area (TPSA) is 12.0 Å². The molecule has 1 atom stereocenters. The van der Waals surface area contributed by atoms with Gasteiger partial charge in [0.15, 0.2) is 0 Å². The molecule has 1 nitrogen and oxygen atoms in total. The summed E-state index contributed by atoms with van der Waals surface area (Å²) in [5.41, 5.74) is 1.31. The Morgan fingerprint density at radius 2 is 2.00 bits per heavy atom. The first-order valence-electron chi connectivity index (χ1n) is 4.52. The maximum absolute atomic E-state index is 3.33. The fourth-order valence-corrected chi connectivity index (χ4v) is 1.15. The van der Waals surface area contributed by atoms with Crippen molar-refractivity contribution in [2.75, 3.05) is 6.54 Å². The van der Waals surface area contributed by atoms with Gasteiger partial charge in [0.25, 0.3) is 0 Å². The zero-order chi connectivity index (χ0) is 9.52. The van der Waals surface area contributed by atoms with Gasteiger partial charge in [-0.25, -0.2) is 0 Å². The summed E-state index contributed by atoms with van der Waals surface area (Å²) in [6, 6.07) is 10.8. The molecule has 1 heteroatoms. The molecule has 0 fully saturated rings. The molecule has 0 aliphatic heterocycles. The van der Waals surface area contributed by atoms with Gasteiger partial charge >= 0.3 is 0 Å². The van der Waals surface area contributed by atoms with Crippen LogP contribution >= 0.6 is 0 Å². The molecule has 0 amide bonds. The lowest BCUT2D eigenvalue weighted by atomic mass is 10.1. The van der Waals surface area contributed by atoms with Crippen molar-refractivity contribution in [3.8, 4) is 11.8 Å². The van der Waals surface area contributed by atoms with E-state index in [0.29, 0.717) is 6.04 Å². The fraction of sp³-hybridized carbons (Fsp3) is 0.333. The fourth-order valence-electron chi connectivity index (χ4n) is 1.15. The molecule has 0 aliphatic rings. The number of rotatable bonds is 3. The minimum atomic E-state index is 0.377. The van der Waals surface area contributed by atoms with E-state index in [4.69, 9.17) is 0 Å². The molecule has 0 spiro atoms. The zero-order valence-electron chi connectivity index (χ0n) is 8.17. The van der Waals surface area contributed by atoms with Crippen LogP contribution in [0, 0.1) is 11.8 Å². The SMILES string of the molecule is CC#CCN[C@H](C)c1ccccc1. The molecule has 0 saturated heterocycles. The molecule has 1 rings (SSSR count). The van der Waals surface area contributed by atoms with Crippen LogP contribution in [0.15, 0.2) is 30.3 Å². The first-order valence-corrected chi connectivity index (χ1v) is 4.52. The number of benzene rings is 1. The van der Waals surface area contributed by atoms with Gasteiger partial charge in [-0.2, -0.15) is 0 Å². The maximum atomic E-state index is 3.33. The second-order valence-electron chi connectivity index (χ2n) is 2.94. The van der Waals surface area contributed by atoms with E-state index in [2.05, 4.69) is 48.3 Å². The lowest BCUT2D eigenvalue weighted by molar-refractivity contribution is 0.623. The Labute approximate surface area is 80.2 Å². The number of hydrogen-bond donors (Lipinski definition) is 1. The van der Waals surface area contributed by atoms with E-state index in [0.717, 1.165) is 6.54 Å². The van der Waals surface area contributed by atoms with E-state index in [1.165, 1.54) is 5.56 Å². The Bertz CT molecular complexity index is 292. The molecule has 13 heavy (non-hydrogen) atoms. The van der Waals surface area contributed by atoms with Gasteiger partial charge in [-0.05, 0) is 19.4 Å². The Kier molecular flexibility index (Phi) is 4.08. The minimum absolute atomic E-state index is 0.377. The first-order chi connectivity index (χ1) is 6.34. The normalized spacial score (nSPS) is 11.5. The first kappa shape index (κ1) is 9.83. The van der Waals surface area contributed by atoms with Crippen LogP contribution in [0.4, 0.5) is 0 Å². The summed E-state index contributed by atoms with van der Waals surface area (Å²) >= 11 is 0. The molecule has 0 aliphatic carbocycles. The minimum Gasteiger partial charge on any atom is -0.300 e. The molecule has 68 valence electrons. The van der Waals surface area contributed by atoms with Crippen molar-refractivity contribution >= 4 is 0 Å². The molecule has 0 aromatic heterocycles. The third-order valence-electron chi connectivity index (χ3n) is 1.97. The van der Waals surface area contributed by atoms with Crippen LogP contribution in [-0.2, 0) is 0 Å². The second kappa shape index (κ2) is 5.40. The molecular formula is C12H15N. The van der Waals surface area contributed by atoms with E-state index in [1.54, 1.807) is 0 Å². The van der Waals surface area contributed by atoms with Crippen LogP contribution < -0.4 is 5.32 Å². The summed E-state index contributed by atoms with van der Waals surface area (Å²) < 4.78 is 0. The van der Waals surface area contributed by atoms with E-state index >= 15 is 0 Å².